The summed E-state index contributed by atoms with van der Waals surface area (Å²) < 4.78 is 1.69. The van der Waals surface area contributed by atoms with Crippen LogP contribution in [0.15, 0.2) is 12.3 Å². The molecule has 3 nitrogen and oxygen atoms in total. The van der Waals surface area contributed by atoms with Crippen molar-refractivity contribution in [3.8, 4) is 0 Å². The van der Waals surface area contributed by atoms with E-state index in [1.807, 2.05) is 13.2 Å². The van der Waals surface area contributed by atoms with Gasteiger partial charge < -0.3 is 0 Å². The first kappa shape index (κ1) is 16.9. The molecular formula is C17H30N2O. The van der Waals surface area contributed by atoms with Crippen molar-refractivity contribution >= 4 is 5.78 Å². The zero-order valence-corrected chi connectivity index (χ0v) is 13.2. The standard InChI is InChI=1S/C17H30N2O/c1-3-4-5-6-7-8-9-10-11-12-13-17(20)16-14-15-19(2)18-16/h14-15H,3-13H2,1-2H3. The van der Waals surface area contributed by atoms with Gasteiger partial charge >= 0.3 is 0 Å². The number of Topliss-reactive ketones (excluding diaryl/α,β-unsaturated/α-hetero) is 1. The number of hydrogen-bond acceptors (Lipinski definition) is 2. The molecule has 114 valence electrons. The average molecular weight is 278 g/mol. The number of hydrogen-bond donors (Lipinski definition) is 0. The predicted molar refractivity (Wildman–Crippen MR) is 84.0 cm³/mol. The van der Waals surface area contributed by atoms with E-state index in [1.165, 1.54) is 57.8 Å². The van der Waals surface area contributed by atoms with E-state index < -0.39 is 0 Å². The van der Waals surface area contributed by atoms with E-state index in [0.717, 1.165) is 6.42 Å². The van der Waals surface area contributed by atoms with Crippen LogP contribution in [0.4, 0.5) is 0 Å². The first-order chi connectivity index (χ1) is 9.74. The van der Waals surface area contributed by atoms with Gasteiger partial charge in [-0.15, -0.1) is 0 Å². The van der Waals surface area contributed by atoms with Crippen LogP contribution in [0.1, 0.15) is 88.0 Å². The first-order valence-corrected chi connectivity index (χ1v) is 8.27. The van der Waals surface area contributed by atoms with E-state index in [2.05, 4.69) is 12.0 Å². The summed E-state index contributed by atoms with van der Waals surface area (Å²) in [6.45, 7) is 2.26. The van der Waals surface area contributed by atoms with Gasteiger partial charge in [-0.05, 0) is 12.5 Å². The molecule has 0 aliphatic heterocycles. The third kappa shape index (κ3) is 7.46. The molecule has 0 saturated carbocycles. The number of carbonyl (C=O) groups excluding carboxylic acids is 1. The third-order valence-electron chi connectivity index (χ3n) is 3.76. The van der Waals surface area contributed by atoms with Crippen molar-refractivity contribution < 1.29 is 4.79 Å². The Labute approximate surface area is 123 Å². The summed E-state index contributed by atoms with van der Waals surface area (Å²) in [4.78, 5) is 11.8. The van der Waals surface area contributed by atoms with Crippen LogP contribution in [0.25, 0.3) is 0 Å². The Morgan fingerprint density at radius 3 is 2.05 bits per heavy atom. The second-order valence-electron chi connectivity index (χ2n) is 5.73. The van der Waals surface area contributed by atoms with Gasteiger partial charge in [-0.3, -0.25) is 9.48 Å². The minimum atomic E-state index is 0.185. The highest BCUT2D eigenvalue weighted by atomic mass is 16.1. The molecule has 0 aliphatic carbocycles. The van der Waals surface area contributed by atoms with Crippen LogP contribution in [0.5, 0.6) is 0 Å². The Hall–Kier alpha value is -1.12. The lowest BCUT2D eigenvalue weighted by atomic mass is 10.0. The number of ketones is 1. The molecule has 1 aromatic rings. The van der Waals surface area contributed by atoms with Gasteiger partial charge in [-0.1, -0.05) is 64.7 Å². The summed E-state index contributed by atoms with van der Waals surface area (Å²) in [6.07, 6.45) is 15.5. The van der Waals surface area contributed by atoms with Gasteiger partial charge in [-0.2, -0.15) is 5.10 Å². The Morgan fingerprint density at radius 1 is 1.00 bits per heavy atom. The summed E-state index contributed by atoms with van der Waals surface area (Å²) in [5, 5.41) is 4.14. The quantitative estimate of drug-likeness (QED) is 0.402. The van der Waals surface area contributed by atoms with E-state index in [-0.39, 0.29) is 5.78 Å². The lowest BCUT2D eigenvalue weighted by molar-refractivity contribution is 0.0973. The smallest absolute Gasteiger partial charge is 0.183 e. The first-order valence-electron chi connectivity index (χ1n) is 8.27. The molecule has 1 heterocycles. The van der Waals surface area contributed by atoms with Crippen molar-refractivity contribution in [2.45, 2.75) is 77.6 Å². The second-order valence-corrected chi connectivity index (χ2v) is 5.73. The topological polar surface area (TPSA) is 34.9 Å². The van der Waals surface area contributed by atoms with E-state index >= 15 is 0 Å². The largest absolute Gasteiger partial charge is 0.292 e. The van der Waals surface area contributed by atoms with Crippen molar-refractivity contribution in [3.63, 3.8) is 0 Å². The predicted octanol–water partition coefficient (Wildman–Crippen LogP) is 4.91. The van der Waals surface area contributed by atoms with Gasteiger partial charge in [0.1, 0.15) is 5.69 Å². The fourth-order valence-corrected chi connectivity index (χ4v) is 2.46. The third-order valence-corrected chi connectivity index (χ3v) is 3.76. The SMILES string of the molecule is CCCCCCCCCCCCC(=O)c1ccn(C)n1. The molecule has 3 heteroatoms. The number of aromatic nitrogens is 2. The lowest BCUT2D eigenvalue weighted by Crippen LogP contribution is -2.01. The van der Waals surface area contributed by atoms with Crippen LogP contribution >= 0.6 is 0 Å². The number of unbranched alkanes of at least 4 members (excludes halogenated alkanes) is 9. The molecule has 1 rings (SSSR count). The van der Waals surface area contributed by atoms with Gasteiger partial charge in [0.05, 0.1) is 0 Å². The van der Waals surface area contributed by atoms with Gasteiger partial charge in [0.25, 0.3) is 0 Å². The van der Waals surface area contributed by atoms with Crippen molar-refractivity contribution in [1.82, 2.24) is 9.78 Å². The van der Waals surface area contributed by atoms with Crippen LogP contribution in [0, 0.1) is 0 Å². The van der Waals surface area contributed by atoms with Gasteiger partial charge in [-0.25, -0.2) is 0 Å². The molecule has 0 unspecified atom stereocenters. The maximum Gasteiger partial charge on any atom is 0.183 e. The van der Waals surface area contributed by atoms with E-state index in [9.17, 15) is 4.79 Å². The normalized spacial score (nSPS) is 10.9. The van der Waals surface area contributed by atoms with Crippen LogP contribution < -0.4 is 0 Å². The van der Waals surface area contributed by atoms with Crippen molar-refractivity contribution in [2.24, 2.45) is 7.05 Å². The molecule has 20 heavy (non-hydrogen) atoms. The summed E-state index contributed by atoms with van der Waals surface area (Å²) in [6, 6.07) is 1.80. The van der Waals surface area contributed by atoms with Crippen LogP contribution in [-0.4, -0.2) is 15.6 Å². The number of nitrogens with zero attached hydrogens (tertiary/aromatic N) is 2. The highest BCUT2D eigenvalue weighted by Gasteiger charge is 2.07. The van der Waals surface area contributed by atoms with Crippen LogP contribution in [-0.2, 0) is 7.05 Å². The Morgan fingerprint density at radius 2 is 1.55 bits per heavy atom. The molecule has 0 saturated heterocycles. The highest BCUT2D eigenvalue weighted by molar-refractivity contribution is 5.94. The van der Waals surface area contributed by atoms with Crippen molar-refractivity contribution in [1.29, 1.82) is 0 Å². The number of carbonyl (C=O) groups is 1. The van der Waals surface area contributed by atoms with E-state index in [1.54, 1.807) is 10.7 Å². The maximum absolute atomic E-state index is 11.8. The van der Waals surface area contributed by atoms with E-state index in [0.29, 0.717) is 12.1 Å². The minimum Gasteiger partial charge on any atom is -0.292 e. The Balaban J connectivity index is 1.91. The fourth-order valence-electron chi connectivity index (χ4n) is 2.46. The molecule has 0 fully saturated rings. The molecule has 0 atom stereocenters. The summed E-state index contributed by atoms with van der Waals surface area (Å²) in [7, 11) is 1.84. The number of rotatable bonds is 12. The Bertz CT molecular complexity index is 371. The molecule has 0 aromatic carbocycles. The van der Waals surface area contributed by atoms with Gasteiger partial charge in [0.15, 0.2) is 5.78 Å². The van der Waals surface area contributed by atoms with Crippen LogP contribution in [0.2, 0.25) is 0 Å². The van der Waals surface area contributed by atoms with Gasteiger partial charge in [0.2, 0.25) is 0 Å². The second kappa shape index (κ2) is 10.6. The summed E-state index contributed by atoms with van der Waals surface area (Å²) >= 11 is 0. The zero-order chi connectivity index (χ0) is 14.6. The molecule has 0 amide bonds. The summed E-state index contributed by atoms with van der Waals surface area (Å²) in [5.41, 5.74) is 0.614. The van der Waals surface area contributed by atoms with Crippen molar-refractivity contribution in [2.75, 3.05) is 0 Å². The average Bonchev–Trinajstić information content (AvgIpc) is 2.87. The monoisotopic (exact) mass is 278 g/mol. The molecule has 0 bridgehead atoms. The molecule has 1 aromatic heterocycles. The molecule has 0 spiro atoms. The van der Waals surface area contributed by atoms with Crippen molar-refractivity contribution in [3.05, 3.63) is 18.0 Å². The molecular weight excluding hydrogens is 248 g/mol. The summed E-state index contributed by atoms with van der Waals surface area (Å²) in [5.74, 6) is 0.185. The molecule has 0 N–H and O–H groups in total. The van der Waals surface area contributed by atoms with E-state index in [4.69, 9.17) is 0 Å². The van der Waals surface area contributed by atoms with Gasteiger partial charge in [0, 0.05) is 19.7 Å². The van der Waals surface area contributed by atoms with Crippen LogP contribution in [0.3, 0.4) is 0 Å². The number of aryl methyl sites for hydroxylation is 1. The fraction of sp³-hybridized carbons (Fsp3) is 0.765. The Kier molecular flexibility index (Phi) is 9.01. The zero-order valence-electron chi connectivity index (χ0n) is 13.2. The molecule has 0 radical (unpaired) electrons. The highest BCUT2D eigenvalue weighted by Crippen LogP contribution is 2.12. The lowest BCUT2D eigenvalue weighted by Gasteiger charge is -2.01. The molecule has 0 aliphatic rings. The maximum atomic E-state index is 11.8. The minimum absolute atomic E-state index is 0.185.